The van der Waals surface area contributed by atoms with E-state index >= 15 is 0 Å². The van der Waals surface area contributed by atoms with Gasteiger partial charge in [-0.3, -0.25) is 19.4 Å². The number of benzene rings is 2. The lowest BCUT2D eigenvalue weighted by Gasteiger charge is -2.20. The summed E-state index contributed by atoms with van der Waals surface area (Å²) >= 11 is 1.12. The lowest BCUT2D eigenvalue weighted by atomic mass is 10.0. The minimum atomic E-state index is -3.94. The summed E-state index contributed by atoms with van der Waals surface area (Å²) in [6.07, 6.45) is 1.88. The summed E-state index contributed by atoms with van der Waals surface area (Å²) in [4.78, 5) is 51.3. The third-order valence-electron chi connectivity index (χ3n) is 6.11. The lowest BCUT2D eigenvalue weighted by Crippen LogP contribution is -2.51. The number of rotatable bonds is 17. The average Bonchev–Trinajstić information content (AvgIpc) is 3.52. The predicted octanol–water partition coefficient (Wildman–Crippen LogP) is -0.384. The van der Waals surface area contributed by atoms with Crippen LogP contribution in [-0.4, -0.2) is 68.1 Å². The molecular weight excluding hydrogens is 621 g/mol. The Hall–Kier alpha value is -4.87. The molecule has 3 rings (SSSR count). The van der Waals surface area contributed by atoms with Crippen molar-refractivity contribution in [2.75, 3.05) is 13.1 Å². The number of Topliss-reactive ketones (excluding diaryl/α,β-unsaturated/α-hetero) is 1. The van der Waals surface area contributed by atoms with E-state index < -0.39 is 46.2 Å². The van der Waals surface area contributed by atoms with Crippen molar-refractivity contribution in [1.29, 1.82) is 0 Å². The Balaban J connectivity index is 1.69. The second-order valence-electron chi connectivity index (χ2n) is 9.81. The van der Waals surface area contributed by atoms with Crippen molar-refractivity contribution in [2.24, 2.45) is 32.9 Å². The van der Waals surface area contributed by atoms with Crippen LogP contribution in [0.3, 0.4) is 0 Å². The number of sulfonamides is 1. The summed E-state index contributed by atoms with van der Waals surface area (Å²) in [7, 11) is -3.94. The van der Waals surface area contributed by atoms with Gasteiger partial charge in [0.05, 0.1) is 24.0 Å². The van der Waals surface area contributed by atoms with E-state index in [4.69, 9.17) is 22.9 Å². The van der Waals surface area contributed by atoms with Crippen molar-refractivity contribution in [1.82, 2.24) is 20.3 Å². The van der Waals surface area contributed by atoms with E-state index in [1.54, 1.807) is 60.0 Å². The number of aliphatic imine (C=N–C) groups is 2. The topological polar surface area (TPSA) is 263 Å². The molecule has 45 heavy (non-hydrogen) atoms. The Bertz CT molecular complexity index is 1610. The summed E-state index contributed by atoms with van der Waals surface area (Å²) in [6, 6.07) is 13.0. The van der Waals surface area contributed by atoms with Crippen molar-refractivity contribution in [3.05, 3.63) is 82.3 Å². The van der Waals surface area contributed by atoms with Crippen LogP contribution in [0.2, 0.25) is 0 Å². The van der Waals surface area contributed by atoms with Gasteiger partial charge in [-0.2, -0.15) is 0 Å². The predicted molar refractivity (Wildman–Crippen MR) is 173 cm³/mol. The van der Waals surface area contributed by atoms with Crippen molar-refractivity contribution in [2.45, 2.75) is 37.1 Å². The molecule has 15 nitrogen and oxygen atoms in total. The molecule has 1 heterocycles. The summed E-state index contributed by atoms with van der Waals surface area (Å²) in [6.45, 7) is -0.364. The molecule has 0 spiro atoms. The number of nitrogens with zero attached hydrogens (tertiary/aromatic N) is 3. The molecule has 0 saturated heterocycles. The van der Waals surface area contributed by atoms with Crippen molar-refractivity contribution in [3.8, 4) is 0 Å². The highest BCUT2D eigenvalue weighted by atomic mass is 32.2. The Labute approximate surface area is 264 Å². The monoisotopic (exact) mass is 656 g/mol. The maximum atomic E-state index is 13.2. The van der Waals surface area contributed by atoms with Crippen molar-refractivity contribution >= 4 is 56.6 Å². The van der Waals surface area contributed by atoms with Crippen LogP contribution < -0.4 is 38.3 Å². The molecule has 11 N–H and O–H groups in total. The molecular formula is C28H36N10O5S2. The highest BCUT2D eigenvalue weighted by molar-refractivity contribution is 7.88. The van der Waals surface area contributed by atoms with Crippen LogP contribution in [0.4, 0.5) is 5.69 Å². The number of guanidine groups is 2. The van der Waals surface area contributed by atoms with E-state index in [1.807, 2.05) is 0 Å². The molecule has 2 amide bonds. The fourth-order valence-electron chi connectivity index (χ4n) is 4.18. The van der Waals surface area contributed by atoms with Crippen LogP contribution in [0.15, 0.2) is 76.2 Å². The van der Waals surface area contributed by atoms with E-state index in [1.165, 1.54) is 6.20 Å². The third kappa shape index (κ3) is 12.3. The van der Waals surface area contributed by atoms with Gasteiger partial charge < -0.3 is 33.6 Å². The van der Waals surface area contributed by atoms with Crippen molar-refractivity contribution < 1.29 is 22.8 Å². The average molecular weight is 657 g/mol. The molecule has 0 fully saturated rings. The summed E-state index contributed by atoms with van der Waals surface area (Å²) in [5.41, 5.74) is 23.3. The maximum Gasteiger partial charge on any atom is 0.240 e. The standard InChI is InChI=1S/C28H36N10O5S2/c29-27(30)34-11-5-10-21(38-45(42,43)17-18-6-2-1-3-7-18)25(41)35-16-23(39)37-22(24(40)26-33-12-13-44-26)15-19-8-4-9-20(14-19)36-28(31)32/h1-4,6-9,12-14,21-22,38H,5,10-11,15-17H2,(H,35,41)(H,37,39)(H4,29,30,34)(H4,31,32,36)/t21-,22+/m1/s1. The number of hydrogen-bond donors (Lipinski definition) is 7. The Kier molecular flexibility index (Phi) is 13.0. The third-order valence-corrected chi connectivity index (χ3v) is 8.25. The summed E-state index contributed by atoms with van der Waals surface area (Å²) in [5, 5.41) is 6.94. The number of aromatic nitrogens is 1. The number of ketones is 1. The van der Waals surface area contributed by atoms with Gasteiger partial charge >= 0.3 is 0 Å². The van der Waals surface area contributed by atoms with Gasteiger partial charge in [-0.25, -0.2) is 23.1 Å². The SMILES string of the molecule is NC(N)=NCCC[C@@H](NS(=O)(=O)Cc1ccccc1)C(=O)NCC(=O)N[C@@H](Cc1cccc(N=C(N)N)c1)C(=O)c1nccs1. The van der Waals surface area contributed by atoms with Crippen molar-refractivity contribution in [3.63, 3.8) is 0 Å². The molecule has 0 radical (unpaired) electrons. The van der Waals surface area contributed by atoms with Gasteiger partial charge in [0.2, 0.25) is 27.6 Å². The first-order valence-electron chi connectivity index (χ1n) is 13.7. The highest BCUT2D eigenvalue weighted by Gasteiger charge is 2.27. The Morgan fingerprint density at radius 3 is 2.33 bits per heavy atom. The second-order valence-corrected chi connectivity index (χ2v) is 12.5. The summed E-state index contributed by atoms with van der Waals surface area (Å²) < 4.78 is 28.2. The largest absolute Gasteiger partial charge is 0.370 e. The molecule has 3 aromatic rings. The molecule has 17 heteroatoms. The van der Waals surface area contributed by atoms with Crippen LogP contribution in [0.1, 0.15) is 33.8 Å². The number of nitrogens with one attached hydrogen (secondary N) is 3. The zero-order valence-electron chi connectivity index (χ0n) is 24.3. The normalized spacial score (nSPS) is 12.4. The fourth-order valence-corrected chi connectivity index (χ4v) is 6.18. The van der Waals surface area contributed by atoms with Gasteiger partial charge in [-0.1, -0.05) is 42.5 Å². The van der Waals surface area contributed by atoms with E-state index in [-0.39, 0.29) is 48.5 Å². The van der Waals surface area contributed by atoms with Gasteiger partial charge in [-0.05, 0) is 36.1 Å². The molecule has 0 bridgehead atoms. The van der Waals surface area contributed by atoms with Gasteiger partial charge in [0.15, 0.2) is 16.9 Å². The first-order valence-corrected chi connectivity index (χ1v) is 16.2. The second kappa shape index (κ2) is 16.8. The number of carbonyl (C=O) groups excluding carboxylic acids is 3. The quantitative estimate of drug-likeness (QED) is 0.0428. The molecule has 0 aliphatic rings. The van der Waals surface area contributed by atoms with Crippen LogP contribution in [-0.2, 0) is 31.8 Å². The van der Waals surface area contributed by atoms with Crippen LogP contribution >= 0.6 is 11.3 Å². The molecule has 1 aromatic heterocycles. The van der Waals surface area contributed by atoms with Crippen LogP contribution in [0, 0.1) is 0 Å². The highest BCUT2D eigenvalue weighted by Crippen LogP contribution is 2.17. The number of amides is 2. The minimum Gasteiger partial charge on any atom is -0.370 e. The van der Waals surface area contributed by atoms with E-state index in [2.05, 4.69) is 30.3 Å². The first kappa shape index (κ1) is 34.6. The molecule has 240 valence electrons. The number of hydrogen-bond acceptors (Lipinski definition) is 9. The maximum absolute atomic E-state index is 13.2. The molecule has 0 saturated carbocycles. The Morgan fingerprint density at radius 2 is 1.67 bits per heavy atom. The summed E-state index contributed by atoms with van der Waals surface area (Å²) in [5.74, 6) is -2.46. The molecule has 2 atom stereocenters. The first-order chi connectivity index (χ1) is 21.4. The van der Waals surface area contributed by atoms with Gasteiger partial charge in [0, 0.05) is 24.5 Å². The molecule has 0 aliphatic carbocycles. The number of carbonyl (C=O) groups is 3. The Morgan fingerprint density at radius 1 is 0.933 bits per heavy atom. The molecule has 0 aliphatic heterocycles. The van der Waals surface area contributed by atoms with Gasteiger partial charge in [0.1, 0.15) is 6.04 Å². The van der Waals surface area contributed by atoms with Crippen LogP contribution in [0.5, 0.6) is 0 Å². The lowest BCUT2D eigenvalue weighted by molar-refractivity contribution is -0.127. The number of thiazole rings is 1. The number of nitrogens with two attached hydrogens (primary N) is 4. The van der Waals surface area contributed by atoms with Crippen LogP contribution in [0.25, 0.3) is 0 Å². The van der Waals surface area contributed by atoms with E-state index in [0.29, 0.717) is 16.8 Å². The van der Waals surface area contributed by atoms with Gasteiger partial charge in [-0.15, -0.1) is 11.3 Å². The molecule has 0 unspecified atom stereocenters. The fraction of sp³-hybridized carbons (Fsp3) is 0.286. The smallest absolute Gasteiger partial charge is 0.240 e. The zero-order valence-corrected chi connectivity index (χ0v) is 25.9. The van der Waals surface area contributed by atoms with E-state index in [9.17, 15) is 22.8 Å². The zero-order chi connectivity index (χ0) is 32.8. The van der Waals surface area contributed by atoms with Gasteiger partial charge in [0.25, 0.3) is 0 Å². The minimum absolute atomic E-state index is 0.0511. The molecule has 2 aromatic carbocycles. The van der Waals surface area contributed by atoms with E-state index in [0.717, 1.165) is 11.3 Å².